The smallest absolute Gasteiger partial charge is 0.249 e. The Bertz CT molecular complexity index is 276. The zero-order chi connectivity index (χ0) is 13.0. The van der Waals surface area contributed by atoms with Crippen LogP contribution in [0.15, 0.2) is 0 Å². The van der Waals surface area contributed by atoms with Gasteiger partial charge in [-0.2, -0.15) is 0 Å². The van der Waals surface area contributed by atoms with Crippen molar-refractivity contribution in [3.05, 3.63) is 0 Å². The number of carbonyl (C=O) groups is 1. The number of amides is 1. The first kappa shape index (κ1) is 15.0. The molecule has 3 heteroatoms. The maximum Gasteiger partial charge on any atom is 0.249 e. The van der Waals surface area contributed by atoms with Gasteiger partial charge in [-0.05, 0) is 41.5 Å². The van der Waals surface area contributed by atoms with Crippen molar-refractivity contribution in [1.82, 2.24) is 4.90 Å². The van der Waals surface area contributed by atoms with Crippen LogP contribution in [0.4, 0.5) is 0 Å². The Kier molecular flexibility index (Phi) is 5.02. The summed E-state index contributed by atoms with van der Waals surface area (Å²) in [5, 5.41) is 0. The Hall–Kier alpha value is -1.01. The van der Waals surface area contributed by atoms with Crippen LogP contribution in [-0.2, 0) is 9.53 Å². The molecule has 0 aromatic heterocycles. The molecule has 0 aliphatic heterocycles. The molecule has 0 aromatic carbocycles. The second-order valence-electron chi connectivity index (χ2n) is 5.76. The van der Waals surface area contributed by atoms with E-state index in [0.717, 1.165) is 0 Å². The van der Waals surface area contributed by atoms with Crippen LogP contribution < -0.4 is 0 Å². The summed E-state index contributed by atoms with van der Waals surface area (Å²) in [5.74, 6) is 2.43. The van der Waals surface area contributed by atoms with Gasteiger partial charge in [0, 0.05) is 5.54 Å². The molecule has 0 fully saturated rings. The number of hydrogen-bond acceptors (Lipinski definition) is 2. The normalized spacial score (nSPS) is 12.1. The Morgan fingerprint density at radius 1 is 1.25 bits per heavy atom. The molecule has 1 amide bonds. The van der Waals surface area contributed by atoms with Crippen molar-refractivity contribution in [2.24, 2.45) is 0 Å². The molecule has 0 radical (unpaired) electrons. The lowest BCUT2D eigenvalue weighted by Gasteiger charge is -2.35. The van der Waals surface area contributed by atoms with Gasteiger partial charge in [0.2, 0.25) is 5.91 Å². The van der Waals surface area contributed by atoms with Crippen molar-refractivity contribution in [1.29, 1.82) is 0 Å². The molecule has 0 bridgehead atoms. The molecule has 92 valence electrons. The van der Waals surface area contributed by atoms with Crippen molar-refractivity contribution in [2.75, 3.05) is 13.2 Å². The van der Waals surface area contributed by atoms with E-state index >= 15 is 0 Å². The van der Waals surface area contributed by atoms with E-state index in [2.05, 4.69) is 5.92 Å². The molecule has 0 heterocycles. The van der Waals surface area contributed by atoms with Gasteiger partial charge in [0.1, 0.15) is 6.61 Å². The third-order valence-electron chi connectivity index (χ3n) is 1.99. The third kappa shape index (κ3) is 5.77. The highest BCUT2D eigenvalue weighted by Gasteiger charge is 2.26. The molecule has 0 N–H and O–H groups in total. The third-order valence-corrected chi connectivity index (χ3v) is 1.99. The highest BCUT2D eigenvalue weighted by atomic mass is 16.5. The van der Waals surface area contributed by atoms with E-state index in [9.17, 15) is 4.79 Å². The van der Waals surface area contributed by atoms with Crippen molar-refractivity contribution in [3.63, 3.8) is 0 Å². The molecule has 0 aliphatic carbocycles. The van der Waals surface area contributed by atoms with Crippen molar-refractivity contribution in [2.45, 2.75) is 52.7 Å². The van der Waals surface area contributed by atoms with Gasteiger partial charge in [-0.1, -0.05) is 5.92 Å². The zero-order valence-electron chi connectivity index (χ0n) is 11.3. The molecule has 0 rings (SSSR count). The molecule has 0 spiro atoms. The Labute approximate surface area is 99.2 Å². The van der Waals surface area contributed by atoms with Crippen molar-refractivity contribution < 1.29 is 9.53 Å². The van der Waals surface area contributed by atoms with Crippen LogP contribution in [0, 0.1) is 12.3 Å². The van der Waals surface area contributed by atoms with Gasteiger partial charge in [-0.15, -0.1) is 6.42 Å². The quantitative estimate of drug-likeness (QED) is 0.688. The second kappa shape index (κ2) is 5.36. The molecular formula is C13H23NO2. The van der Waals surface area contributed by atoms with Crippen molar-refractivity contribution >= 4 is 5.91 Å². The SMILES string of the molecule is C#CCN(C(=O)COC(C)(C)C)C(C)(C)C. The fraction of sp³-hybridized carbons (Fsp3) is 0.769. The minimum Gasteiger partial charge on any atom is -0.366 e. The summed E-state index contributed by atoms with van der Waals surface area (Å²) >= 11 is 0. The first-order valence-electron chi connectivity index (χ1n) is 5.46. The lowest BCUT2D eigenvalue weighted by Crippen LogP contribution is -2.48. The number of carbonyl (C=O) groups excluding carboxylic acids is 1. The zero-order valence-corrected chi connectivity index (χ0v) is 11.3. The number of rotatable bonds is 3. The average molecular weight is 225 g/mol. The van der Waals surface area contributed by atoms with Crippen molar-refractivity contribution in [3.8, 4) is 12.3 Å². The molecule has 0 saturated heterocycles. The Balaban J connectivity index is 4.48. The predicted octanol–water partition coefficient (Wildman–Crippen LogP) is 2.06. The Morgan fingerprint density at radius 2 is 1.75 bits per heavy atom. The first-order chi connectivity index (χ1) is 7.08. The Morgan fingerprint density at radius 3 is 2.06 bits per heavy atom. The molecule has 3 nitrogen and oxygen atoms in total. The molecule has 16 heavy (non-hydrogen) atoms. The summed E-state index contributed by atoms with van der Waals surface area (Å²) < 4.78 is 5.45. The number of ether oxygens (including phenoxy) is 1. The summed E-state index contributed by atoms with van der Waals surface area (Å²) in [5.41, 5.74) is -0.583. The lowest BCUT2D eigenvalue weighted by molar-refractivity contribution is -0.144. The molecule has 0 atom stereocenters. The lowest BCUT2D eigenvalue weighted by atomic mass is 10.1. The monoisotopic (exact) mass is 225 g/mol. The van der Waals surface area contributed by atoms with Gasteiger partial charge in [0.25, 0.3) is 0 Å². The molecule has 0 aliphatic rings. The molecule has 0 unspecified atom stereocenters. The maximum absolute atomic E-state index is 11.9. The topological polar surface area (TPSA) is 29.5 Å². The van der Waals surface area contributed by atoms with E-state index in [-0.39, 0.29) is 23.7 Å². The van der Waals surface area contributed by atoms with Crippen LogP contribution in [0.2, 0.25) is 0 Å². The first-order valence-corrected chi connectivity index (χ1v) is 5.46. The van der Waals surface area contributed by atoms with Gasteiger partial charge in [-0.25, -0.2) is 0 Å². The summed E-state index contributed by atoms with van der Waals surface area (Å²) in [6.07, 6.45) is 5.26. The van der Waals surface area contributed by atoms with Gasteiger partial charge in [-0.3, -0.25) is 4.79 Å². The van der Waals surface area contributed by atoms with Crippen LogP contribution in [0.25, 0.3) is 0 Å². The number of nitrogens with zero attached hydrogens (tertiary/aromatic N) is 1. The van der Waals surface area contributed by atoms with E-state index in [1.807, 2.05) is 41.5 Å². The summed E-state index contributed by atoms with van der Waals surface area (Å²) in [7, 11) is 0. The number of hydrogen-bond donors (Lipinski definition) is 0. The summed E-state index contributed by atoms with van der Waals surface area (Å²) in [6, 6.07) is 0. The van der Waals surface area contributed by atoms with Gasteiger partial charge in [0.05, 0.1) is 12.1 Å². The summed E-state index contributed by atoms with van der Waals surface area (Å²) in [4.78, 5) is 13.6. The fourth-order valence-corrected chi connectivity index (χ4v) is 1.15. The highest BCUT2D eigenvalue weighted by molar-refractivity contribution is 5.78. The van der Waals surface area contributed by atoms with Crippen LogP contribution in [0.5, 0.6) is 0 Å². The molecular weight excluding hydrogens is 202 g/mol. The predicted molar refractivity (Wildman–Crippen MR) is 66.0 cm³/mol. The minimum atomic E-state index is -0.310. The van der Waals surface area contributed by atoms with E-state index in [1.54, 1.807) is 4.90 Å². The minimum absolute atomic E-state index is 0.0691. The molecule has 0 saturated carbocycles. The van der Waals surface area contributed by atoms with Crippen LogP contribution in [0.1, 0.15) is 41.5 Å². The van der Waals surface area contributed by atoms with E-state index < -0.39 is 0 Å². The van der Waals surface area contributed by atoms with Crippen LogP contribution >= 0.6 is 0 Å². The fourth-order valence-electron chi connectivity index (χ4n) is 1.15. The van der Waals surface area contributed by atoms with Crippen LogP contribution in [-0.4, -0.2) is 35.1 Å². The van der Waals surface area contributed by atoms with Crippen LogP contribution in [0.3, 0.4) is 0 Å². The average Bonchev–Trinajstić information content (AvgIpc) is 2.07. The van der Waals surface area contributed by atoms with Gasteiger partial charge < -0.3 is 9.64 Å². The highest BCUT2D eigenvalue weighted by Crippen LogP contribution is 2.14. The summed E-state index contributed by atoms with van der Waals surface area (Å²) in [6.45, 7) is 12.0. The van der Waals surface area contributed by atoms with E-state index in [0.29, 0.717) is 6.54 Å². The number of terminal acetylenes is 1. The van der Waals surface area contributed by atoms with E-state index in [1.165, 1.54) is 0 Å². The van der Waals surface area contributed by atoms with Gasteiger partial charge in [0.15, 0.2) is 0 Å². The molecule has 0 aromatic rings. The largest absolute Gasteiger partial charge is 0.366 e. The standard InChI is InChI=1S/C13H23NO2/c1-8-9-14(12(2,3)4)11(15)10-16-13(5,6)7/h1H,9-10H2,2-7H3. The maximum atomic E-state index is 11.9. The second-order valence-corrected chi connectivity index (χ2v) is 5.76. The van der Waals surface area contributed by atoms with Gasteiger partial charge >= 0.3 is 0 Å². The van der Waals surface area contributed by atoms with E-state index in [4.69, 9.17) is 11.2 Å².